The molecule has 0 bridgehead atoms. The molecule has 9 heteroatoms. The van der Waals surface area contributed by atoms with Crippen molar-refractivity contribution in [3.8, 4) is 0 Å². The maximum absolute atomic E-state index is 11.8. The van der Waals surface area contributed by atoms with Gasteiger partial charge in [-0.15, -0.1) is 0 Å². The zero-order chi connectivity index (χ0) is 20.0. The molecule has 8 nitrogen and oxygen atoms in total. The van der Waals surface area contributed by atoms with Crippen LogP contribution in [0.3, 0.4) is 0 Å². The highest BCUT2D eigenvalue weighted by molar-refractivity contribution is 7.90. The molecule has 0 radical (unpaired) electrons. The number of anilines is 1. The van der Waals surface area contributed by atoms with E-state index in [0.717, 1.165) is 48.5 Å². The maximum Gasteiger partial charge on any atom is 0.225 e. The predicted molar refractivity (Wildman–Crippen MR) is 110 cm³/mol. The molecule has 5 heterocycles. The van der Waals surface area contributed by atoms with Crippen molar-refractivity contribution in [2.75, 3.05) is 31.1 Å². The number of piperazine rings is 1. The first-order valence-electron chi connectivity index (χ1n) is 9.74. The van der Waals surface area contributed by atoms with Crippen molar-refractivity contribution in [3.05, 3.63) is 53.6 Å². The van der Waals surface area contributed by atoms with Crippen molar-refractivity contribution in [2.24, 2.45) is 0 Å². The molecule has 0 N–H and O–H groups in total. The topological polar surface area (TPSA) is 92.2 Å². The molecule has 150 valence electrons. The molecule has 0 spiro atoms. The van der Waals surface area contributed by atoms with Gasteiger partial charge in [0.2, 0.25) is 5.95 Å². The Morgan fingerprint density at radius 1 is 1.00 bits per heavy atom. The van der Waals surface area contributed by atoms with Gasteiger partial charge in [-0.05, 0) is 31.2 Å². The molecule has 3 aromatic heterocycles. The van der Waals surface area contributed by atoms with Crippen LogP contribution in [0.5, 0.6) is 0 Å². The molecule has 0 amide bonds. The van der Waals surface area contributed by atoms with Crippen LogP contribution < -0.4 is 4.90 Å². The number of rotatable bonds is 3. The van der Waals surface area contributed by atoms with E-state index >= 15 is 0 Å². The lowest BCUT2D eigenvalue weighted by molar-refractivity contribution is 0.194. The predicted octanol–water partition coefficient (Wildman–Crippen LogP) is 1.73. The van der Waals surface area contributed by atoms with E-state index in [1.807, 2.05) is 12.1 Å². The minimum atomic E-state index is -3.06. The average Bonchev–Trinajstić information content (AvgIpc) is 3.06. The molecule has 29 heavy (non-hydrogen) atoms. The van der Waals surface area contributed by atoms with E-state index in [4.69, 9.17) is 4.98 Å². The van der Waals surface area contributed by atoms with E-state index in [0.29, 0.717) is 11.6 Å². The summed E-state index contributed by atoms with van der Waals surface area (Å²) in [4.78, 5) is 22.6. The molecule has 1 fully saturated rings. The van der Waals surface area contributed by atoms with E-state index in [1.165, 1.54) is 0 Å². The molecule has 0 unspecified atom stereocenters. The van der Waals surface area contributed by atoms with Gasteiger partial charge in [0.1, 0.15) is 0 Å². The normalized spacial score (nSPS) is 20.0. The molecule has 1 saturated heterocycles. The standard InChI is InChI=1S/C20H22N6O2S/c1-14(17-5-4-15-3-2-6-21-19(15)23-17)25-7-9-26(10-8-25)20-22-11-16-12-29(27,28)13-18(16)24-20/h2-6,11,14H,7-10,12-13H2,1H3/t14-/m0/s1. The Morgan fingerprint density at radius 2 is 1.83 bits per heavy atom. The summed E-state index contributed by atoms with van der Waals surface area (Å²) >= 11 is 0. The Bertz CT molecular complexity index is 1170. The fourth-order valence-electron chi connectivity index (χ4n) is 4.02. The Morgan fingerprint density at radius 3 is 2.66 bits per heavy atom. The van der Waals surface area contributed by atoms with Crippen LogP contribution in [0.15, 0.2) is 36.7 Å². The summed E-state index contributed by atoms with van der Waals surface area (Å²) in [5, 5.41) is 1.05. The lowest BCUT2D eigenvalue weighted by Crippen LogP contribution is -2.47. The van der Waals surface area contributed by atoms with Crippen LogP contribution in [0.1, 0.15) is 29.9 Å². The lowest BCUT2D eigenvalue weighted by atomic mass is 10.1. The Kier molecular flexibility index (Phi) is 4.44. The van der Waals surface area contributed by atoms with Crippen LogP contribution >= 0.6 is 0 Å². The number of hydrogen-bond donors (Lipinski definition) is 0. The van der Waals surface area contributed by atoms with E-state index in [2.05, 4.69) is 43.8 Å². The molecule has 0 aliphatic carbocycles. The molecule has 0 saturated carbocycles. The summed E-state index contributed by atoms with van der Waals surface area (Å²) in [6.07, 6.45) is 3.44. The van der Waals surface area contributed by atoms with Crippen molar-refractivity contribution in [1.82, 2.24) is 24.8 Å². The van der Waals surface area contributed by atoms with Crippen molar-refractivity contribution in [1.29, 1.82) is 0 Å². The number of sulfone groups is 1. The fourth-order valence-corrected chi connectivity index (χ4v) is 5.51. The summed E-state index contributed by atoms with van der Waals surface area (Å²) < 4.78 is 23.6. The summed E-state index contributed by atoms with van der Waals surface area (Å²) in [6.45, 7) is 5.48. The summed E-state index contributed by atoms with van der Waals surface area (Å²) in [6, 6.07) is 8.27. The largest absolute Gasteiger partial charge is 0.338 e. The summed E-state index contributed by atoms with van der Waals surface area (Å²) in [5.74, 6) is 0.707. The van der Waals surface area contributed by atoms with Crippen LogP contribution in [-0.2, 0) is 21.3 Å². The molecule has 1 atom stereocenters. The van der Waals surface area contributed by atoms with Crippen LogP contribution in [0.4, 0.5) is 5.95 Å². The number of hydrogen-bond acceptors (Lipinski definition) is 8. The van der Waals surface area contributed by atoms with Crippen LogP contribution in [0.2, 0.25) is 0 Å². The van der Waals surface area contributed by atoms with E-state index in [9.17, 15) is 8.42 Å². The monoisotopic (exact) mass is 410 g/mol. The maximum atomic E-state index is 11.8. The van der Waals surface area contributed by atoms with Gasteiger partial charge in [0, 0.05) is 55.6 Å². The van der Waals surface area contributed by atoms with Gasteiger partial charge < -0.3 is 4.90 Å². The van der Waals surface area contributed by atoms with Gasteiger partial charge in [0.05, 0.1) is 22.9 Å². The molecule has 0 aromatic carbocycles. The van der Waals surface area contributed by atoms with Gasteiger partial charge in [-0.3, -0.25) is 4.90 Å². The molecule has 2 aliphatic heterocycles. The smallest absolute Gasteiger partial charge is 0.225 e. The van der Waals surface area contributed by atoms with E-state index < -0.39 is 9.84 Å². The third-order valence-corrected chi connectivity index (χ3v) is 7.20. The third-order valence-electron chi connectivity index (χ3n) is 5.73. The van der Waals surface area contributed by atoms with E-state index in [1.54, 1.807) is 12.4 Å². The second kappa shape index (κ2) is 7.00. The van der Waals surface area contributed by atoms with Crippen molar-refractivity contribution < 1.29 is 8.42 Å². The highest BCUT2D eigenvalue weighted by Crippen LogP contribution is 2.26. The number of aromatic nitrogens is 4. The lowest BCUT2D eigenvalue weighted by Gasteiger charge is -2.37. The minimum Gasteiger partial charge on any atom is -0.338 e. The van der Waals surface area contributed by atoms with E-state index in [-0.39, 0.29) is 17.5 Å². The van der Waals surface area contributed by atoms with Crippen molar-refractivity contribution >= 4 is 26.8 Å². The van der Waals surface area contributed by atoms with Gasteiger partial charge in [-0.25, -0.2) is 28.4 Å². The third kappa shape index (κ3) is 3.56. The van der Waals surface area contributed by atoms with Gasteiger partial charge in [-0.2, -0.15) is 0 Å². The summed E-state index contributed by atoms with van der Waals surface area (Å²) in [7, 11) is -3.06. The van der Waals surface area contributed by atoms with Gasteiger partial charge >= 0.3 is 0 Å². The second-order valence-corrected chi connectivity index (χ2v) is 9.72. The zero-order valence-electron chi connectivity index (χ0n) is 16.2. The van der Waals surface area contributed by atoms with Crippen LogP contribution in [-0.4, -0.2) is 59.4 Å². The first kappa shape index (κ1) is 18.4. The van der Waals surface area contributed by atoms with Gasteiger partial charge in [0.15, 0.2) is 15.5 Å². The number of nitrogens with zero attached hydrogens (tertiary/aromatic N) is 6. The van der Waals surface area contributed by atoms with Crippen LogP contribution in [0.25, 0.3) is 11.0 Å². The molecular weight excluding hydrogens is 388 g/mol. The first-order valence-corrected chi connectivity index (χ1v) is 11.6. The van der Waals surface area contributed by atoms with Crippen molar-refractivity contribution in [3.63, 3.8) is 0 Å². The minimum absolute atomic E-state index is 0.0243. The quantitative estimate of drug-likeness (QED) is 0.645. The molecule has 2 aliphatic rings. The van der Waals surface area contributed by atoms with Crippen molar-refractivity contribution in [2.45, 2.75) is 24.5 Å². The average molecular weight is 411 g/mol. The first-order chi connectivity index (χ1) is 14.0. The van der Waals surface area contributed by atoms with Crippen LogP contribution in [0, 0.1) is 0 Å². The SMILES string of the molecule is C[C@@H](c1ccc2cccnc2n1)N1CCN(c2ncc3c(n2)CS(=O)(=O)C3)CC1. The number of fused-ring (bicyclic) bond motifs is 2. The zero-order valence-corrected chi connectivity index (χ0v) is 17.0. The molecular formula is C20H22N6O2S. The summed E-state index contributed by atoms with van der Waals surface area (Å²) in [5.41, 5.74) is 3.18. The van der Waals surface area contributed by atoms with Gasteiger partial charge in [0.25, 0.3) is 0 Å². The highest BCUT2D eigenvalue weighted by Gasteiger charge is 2.29. The molecule has 5 rings (SSSR count). The number of pyridine rings is 2. The Balaban J connectivity index is 1.28. The highest BCUT2D eigenvalue weighted by atomic mass is 32.2. The Labute approximate surface area is 169 Å². The fraction of sp³-hybridized carbons (Fsp3) is 0.400. The van der Waals surface area contributed by atoms with Gasteiger partial charge in [-0.1, -0.05) is 0 Å². The second-order valence-electron chi connectivity index (χ2n) is 7.66. The Hall–Kier alpha value is -2.65. The molecule has 3 aromatic rings.